The lowest BCUT2D eigenvalue weighted by molar-refractivity contribution is 0.104. The van der Waals surface area contributed by atoms with E-state index >= 15 is 0 Å². The zero-order chi connectivity index (χ0) is 8.91. The molecule has 11 heavy (non-hydrogen) atoms. The van der Waals surface area contributed by atoms with Crippen molar-refractivity contribution in [2.24, 2.45) is 5.41 Å². The Morgan fingerprint density at radius 2 is 1.82 bits per heavy atom. The fourth-order valence-corrected chi connectivity index (χ4v) is 1.14. The summed E-state index contributed by atoms with van der Waals surface area (Å²) < 4.78 is 0. The summed E-state index contributed by atoms with van der Waals surface area (Å²) in [5, 5.41) is 17.9. The largest absolute Gasteiger partial charge is 0.396 e. The molecule has 0 rings (SSSR count). The fraction of sp³-hybridized carbons (Fsp3) is 1.00. The molecule has 0 saturated carbocycles. The molecule has 1 unspecified atom stereocenters. The molecular formula is C9H20O2. The third-order valence-corrected chi connectivity index (χ3v) is 1.54. The van der Waals surface area contributed by atoms with Crippen LogP contribution in [0, 0.1) is 5.41 Å². The molecular weight excluding hydrogens is 140 g/mol. The quantitative estimate of drug-likeness (QED) is 0.655. The first-order valence-electron chi connectivity index (χ1n) is 4.24. The summed E-state index contributed by atoms with van der Waals surface area (Å²) in [6, 6.07) is 0. The van der Waals surface area contributed by atoms with E-state index in [0.29, 0.717) is 12.8 Å². The lowest BCUT2D eigenvalue weighted by atomic mass is 9.88. The highest BCUT2D eigenvalue weighted by atomic mass is 16.3. The van der Waals surface area contributed by atoms with Crippen LogP contribution in [0.4, 0.5) is 0 Å². The molecule has 0 bridgehead atoms. The summed E-state index contributed by atoms with van der Waals surface area (Å²) in [5.41, 5.74) is 0.189. The second-order valence-corrected chi connectivity index (χ2v) is 4.28. The Morgan fingerprint density at radius 1 is 1.27 bits per heavy atom. The van der Waals surface area contributed by atoms with Gasteiger partial charge in [0.1, 0.15) is 0 Å². The van der Waals surface area contributed by atoms with Crippen LogP contribution < -0.4 is 0 Å². The van der Waals surface area contributed by atoms with Crippen LogP contribution in [0.25, 0.3) is 0 Å². The van der Waals surface area contributed by atoms with Crippen molar-refractivity contribution in [2.45, 2.75) is 46.1 Å². The van der Waals surface area contributed by atoms with Crippen molar-refractivity contribution in [1.29, 1.82) is 0 Å². The molecule has 2 heteroatoms. The monoisotopic (exact) mass is 160 g/mol. The van der Waals surface area contributed by atoms with Gasteiger partial charge in [-0.2, -0.15) is 0 Å². The van der Waals surface area contributed by atoms with E-state index in [1.54, 1.807) is 0 Å². The van der Waals surface area contributed by atoms with Crippen molar-refractivity contribution in [3.63, 3.8) is 0 Å². The minimum absolute atomic E-state index is 0.182. The van der Waals surface area contributed by atoms with Gasteiger partial charge in [0.05, 0.1) is 6.10 Å². The van der Waals surface area contributed by atoms with Gasteiger partial charge in [0.25, 0.3) is 0 Å². The number of aliphatic hydroxyl groups excluding tert-OH is 2. The van der Waals surface area contributed by atoms with E-state index in [0.717, 1.165) is 6.42 Å². The zero-order valence-corrected chi connectivity index (χ0v) is 7.80. The summed E-state index contributed by atoms with van der Waals surface area (Å²) in [4.78, 5) is 0. The zero-order valence-electron chi connectivity index (χ0n) is 7.80. The third kappa shape index (κ3) is 7.82. The van der Waals surface area contributed by atoms with Crippen molar-refractivity contribution >= 4 is 0 Å². The molecule has 0 radical (unpaired) electrons. The Kier molecular flexibility index (Phi) is 4.69. The Balaban J connectivity index is 3.44. The van der Waals surface area contributed by atoms with E-state index in [-0.39, 0.29) is 18.1 Å². The predicted molar refractivity (Wildman–Crippen MR) is 46.4 cm³/mol. The molecule has 0 heterocycles. The fourth-order valence-electron chi connectivity index (χ4n) is 1.14. The standard InChI is InChI=1S/C9H20O2/c1-9(2,3)7-8(11)5-4-6-10/h8,10-11H,4-7H2,1-3H3. The van der Waals surface area contributed by atoms with Crippen LogP contribution in [0.3, 0.4) is 0 Å². The molecule has 0 aliphatic rings. The number of hydrogen-bond donors (Lipinski definition) is 2. The van der Waals surface area contributed by atoms with E-state index < -0.39 is 0 Å². The molecule has 0 amide bonds. The molecule has 0 aliphatic heterocycles. The smallest absolute Gasteiger partial charge is 0.0546 e. The van der Waals surface area contributed by atoms with Crippen LogP contribution in [0.15, 0.2) is 0 Å². The Labute approximate surface area is 69.2 Å². The average Bonchev–Trinajstić information content (AvgIpc) is 1.79. The van der Waals surface area contributed by atoms with Gasteiger partial charge in [-0.15, -0.1) is 0 Å². The highest BCUT2D eigenvalue weighted by Gasteiger charge is 2.15. The second-order valence-electron chi connectivity index (χ2n) is 4.28. The van der Waals surface area contributed by atoms with Gasteiger partial charge in [-0.05, 0) is 24.7 Å². The van der Waals surface area contributed by atoms with Gasteiger partial charge in [0, 0.05) is 6.61 Å². The minimum atomic E-state index is -0.248. The van der Waals surface area contributed by atoms with Crippen molar-refractivity contribution < 1.29 is 10.2 Å². The lowest BCUT2D eigenvalue weighted by Crippen LogP contribution is -2.17. The molecule has 0 aliphatic carbocycles. The topological polar surface area (TPSA) is 40.5 Å². The van der Waals surface area contributed by atoms with E-state index in [4.69, 9.17) is 5.11 Å². The summed E-state index contributed by atoms with van der Waals surface area (Å²) in [5.74, 6) is 0. The van der Waals surface area contributed by atoms with Crippen LogP contribution in [-0.4, -0.2) is 22.9 Å². The molecule has 0 aromatic carbocycles. The van der Waals surface area contributed by atoms with Gasteiger partial charge >= 0.3 is 0 Å². The van der Waals surface area contributed by atoms with Gasteiger partial charge < -0.3 is 10.2 Å². The lowest BCUT2D eigenvalue weighted by Gasteiger charge is -2.21. The van der Waals surface area contributed by atoms with Crippen molar-refractivity contribution in [3.8, 4) is 0 Å². The maximum Gasteiger partial charge on any atom is 0.0546 e. The first-order chi connectivity index (χ1) is 4.95. The SMILES string of the molecule is CC(C)(C)CC(O)CCCO. The summed E-state index contributed by atoms with van der Waals surface area (Å²) in [7, 11) is 0. The second kappa shape index (κ2) is 4.73. The number of aliphatic hydroxyl groups is 2. The number of rotatable bonds is 4. The maximum absolute atomic E-state index is 9.40. The number of hydrogen-bond acceptors (Lipinski definition) is 2. The van der Waals surface area contributed by atoms with Crippen molar-refractivity contribution in [2.75, 3.05) is 6.61 Å². The molecule has 0 fully saturated rings. The van der Waals surface area contributed by atoms with E-state index in [9.17, 15) is 5.11 Å². The maximum atomic E-state index is 9.40. The van der Waals surface area contributed by atoms with Crippen LogP contribution >= 0.6 is 0 Å². The van der Waals surface area contributed by atoms with Crippen LogP contribution in [0.2, 0.25) is 0 Å². The van der Waals surface area contributed by atoms with E-state index in [1.165, 1.54) is 0 Å². The van der Waals surface area contributed by atoms with E-state index in [2.05, 4.69) is 20.8 Å². The Morgan fingerprint density at radius 3 is 2.18 bits per heavy atom. The third-order valence-electron chi connectivity index (χ3n) is 1.54. The van der Waals surface area contributed by atoms with Crippen molar-refractivity contribution in [1.82, 2.24) is 0 Å². The molecule has 2 nitrogen and oxygen atoms in total. The van der Waals surface area contributed by atoms with Crippen molar-refractivity contribution in [3.05, 3.63) is 0 Å². The Hall–Kier alpha value is -0.0800. The van der Waals surface area contributed by atoms with Gasteiger partial charge in [0.2, 0.25) is 0 Å². The molecule has 0 spiro atoms. The van der Waals surface area contributed by atoms with Crippen LogP contribution in [0.5, 0.6) is 0 Å². The van der Waals surface area contributed by atoms with Gasteiger partial charge in [-0.1, -0.05) is 20.8 Å². The molecule has 0 saturated heterocycles. The van der Waals surface area contributed by atoms with Crippen LogP contribution in [0.1, 0.15) is 40.0 Å². The highest BCUT2D eigenvalue weighted by molar-refractivity contribution is 4.67. The summed E-state index contributed by atoms with van der Waals surface area (Å²) in [6.07, 6.45) is 1.99. The Bertz CT molecular complexity index is 94.2. The first kappa shape index (κ1) is 10.9. The van der Waals surface area contributed by atoms with E-state index in [1.807, 2.05) is 0 Å². The predicted octanol–water partition coefficient (Wildman–Crippen LogP) is 1.56. The molecule has 2 N–H and O–H groups in total. The molecule has 0 aromatic rings. The normalized spacial score (nSPS) is 15.0. The molecule has 0 aromatic heterocycles. The first-order valence-corrected chi connectivity index (χ1v) is 4.24. The highest BCUT2D eigenvalue weighted by Crippen LogP contribution is 2.22. The average molecular weight is 160 g/mol. The van der Waals surface area contributed by atoms with Gasteiger partial charge in [-0.25, -0.2) is 0 Å². The minimum Gasteiger partial charge on any atom is -0.396 e. The molecule has 68 valence electrons. The van der Waals surface area contributed by atoms with Gasteiger partial charge in [-0.3, -0.25) is 0 Å². The van der Waals surface area contributed by atoms with Crippen LogP contribution in [-0.2, 0) is 0 Å². The van der Waals surface area contributed by atoms with Gasteiger partial charge in [0.15, 0.2) is 0 Å². The summed E-state index contributed by atoms with van der Waals surface area (Å²) >= 11 is 0. The summed E-state index contributed by atoms with van der Waals surface area (Å²) in [6.45, 7) is 6.50. The molecule has 1 atom stereocenters.